The lowest BCUT2D eigenvalue weighted by molar-refractivity contribution is -0.132. The summed E-state index contributed by atoms with van der Waals surface area (Å²) < 4.78 is 0. The SMILES string of the molecule is CCCCCN(CC(=O)Nc1cc(C)ccc1C)C(C)=O. The largest absolute Gasteiger partial charge is 0.334 e. The number of benzene rings is 1. The molecular formula is C17H26N2O2. The van der Waals surface area contributed by atoms with Gasteiger partial charge in [-0.3, -0.25) is 9.59 Å². The Balaban J connectivity index is 2.61. The summed E-state index contributed by atoms with van der Waals surface area (Å²) in [6.07, 6.45) is 3.11. The van der Waals surface area contributed by atoms with Crippen LogP contribution >= 0.6 is 0 Å². The van der Waals surface area contributed by atoms with Crippen LogP contribution < -0.4 is 5.32 Å². The van der Waals surface area contributed by atoms with E-state index in [9.17, 15) is 9.59 Å². The van der Waals surface area contributed by atoms with Crippen LogP contribution in [0.15, 0.2) is 18.2 Å². The van der Waals surface area contributed by atoms with Gasteiger partial charge in [0.2, 0.25) is 11.8 Å². The van der Waals surface area contributed by atoms with Gasteiger partial charge < -0.3 is 10.2 Å². The normalized spacial score (nSPS) is 10.3. The highest BCUT2D eigenvalue weighted by Gasteiger charge is 2.13. The van der Waals surface area contributed by atoms with E-state index in [1.807, 2.05) is 32.0 Å². The molecule has 1 rings (SSSR count). The zero-order valence-corrected chi connectivity index (χ0v) is 13.5. The molecule has 116 valence electrons. The summed E-state index contributed by atoms with van der Waals surface area (Å²) in [5.74, 6) is -0.197. The molecule has 0 spiro atoms. The predicted octanol–water partition coefficient (Wildman–Crippen LogP) is 3.28. The van der Waals surface area contributed by atoms with Gasteiger partial charge in [-0.15, -0.1) is 0 Å². The average Bonchev–Trinajstić information content (AvgIpc) is 2.42. The van der Waals surface area contributed by atoms with Crippen LogP contribution in [0, 0.1) is 13.8 Å². The summed E-state index contributed by atoms with van der Waals surface area (Å²) in [5.41, 5.74) is 2.94. The number of unbranched alkanes of at least 4 members (excludes halogenated alkanes) is 2. The highest BCUT2D eigenvalue weighted by Crippen LogP contribution is 2.16. The topological polar surface area (TPSA) is 49.4 Å². The zero-order valence-electron chi connectivity index (χ0n) is 13.5. The van der Waals surface area contributed by atoms with E-state index in [1.165, 1.54) is 6.92 Å². The molecule has 0 radical (unpaired) electrons. The Morgan fingerprint density at radius 3 is 2.52 bits per heavy atom. The average molecular weight is 290 g/mol. The molecular weight excluding hydrogens is 264 g/mol. The van der Waals surface area contributed by atoms with Crippen molar-refractivity contribution in [2.45, 2.75) is 47.0 Å². The third kappa shape index (κ3) is 5.98. The fourth-order valence-corrected chi connectivity index (χ4v) is 2.13. The molecule has 4 nitrogen and oxygen atoms in total. The summed E-state index contributed by atoms with van der Waals surface area (Å²) in [6.45, 7) is 8.33. The van der Waals surface area contributed by atoms with Crippen molar-refractivity contribution in [3.05, 3.63) is 29.3 Å². The molecule has 0 bridgehead atoms. The number of hydrogen-bond acceptors (Lipinski definition) is 2. The third-order valence-electron chi connectivity index (χ3n) is 3.48. The first-order chi connectivity index (χ1) is 9.93. The van der Waals surface area contributed by atoms with Crippen LogP contribution in [0.4, 0.5) is 5.69 Å². The molecule has 0 saturated carbocycles. The smallest absolute Gasteiger partial charge is 0.244 e. The van der Waals surface area contributed by atoms with Crippen molar-refractivity contribution >= 4 is 17.5 Å². The van der Waals surface area contributed by atoms with E-state index in [4.69, 9.17) is 0 Å². The summed E-state index contributed by atoms with van der Waals surface area (Å²) in [7, 11) is 0. The van der Waals surface area contributed by atoms with Gasteiger partial charge in [-0.05, 0) is 37.5 Å². The number of amides is 2. The van der Waals surface area contributed by atoms with E-state index in [0.717, 1.165) is 36.1 Å². The number of nitrogens with one attached hydrogen (secondary N) is 1. The minimum absolute atomic E-state index is 0.0535. The second-order valence-corrected chi connectivity index (χ2v) is 5.51. The Morgan fingerprint density at radius 2 is 1.90 bits per heavy atom. The number of nitrogens with zero attached hydrogens (tertiary/aromatic N) is 1. The first-order valence-corrected chi connectivity index (χ1v) is 7.56. The van der Waals surface area contributed by atoms with Crippen LogP contribution in [-0.2, 0) is 9.59 Å². The number of hydrogen-bond donors (Lipinski definition) is 1. The van der Waals surface area contributed by atoms with E-state index >= 15 is 0 Å². The lowest BCUT2D eigenvalue weighted by Crippen LogP contribution is -2.37. The highest BCUT2D eigenvalue weighted by molar-refractivity contribution is 5.94. The Kier molecular flexibility index (Phi) is 6.92. The van der Waals surface area contributed by atoms with Crippen LogP contribution in [0.5, 0.6) is 0 Å². The summed E-state index contributed by atoms with van der Waals surface area (Å²) in [5, 5.41) is 2.89. The van der Waals surface area contributed by atoms with Crippen molar-refractivity contribution in [1.29, 1.82) is 0 Å². The molecule has 1 aromatic rings. The molecule has 0 atom stereocenters. The molecule has 0 aliphatic rings. The van der Waals surface area contributed by atoms with Gasteiger partial charge >= 0.3 is 0 Å². The van der Waals surface area contributed by atoms with Crippen LogP contribution in [0.3, 0.4) is 0 Å². The van der Waals surface area contributed by atoms with E-state index in [1.54, 1.807) is 4.90 Å². The van der Waals surface area contributed by atoms with Gasteiger partial charge in [-0.1, -0.05) is 31.9 Å². The molecule has 0 aromatic heterocycles. The van der Waals surface area contributed by atoms with Crippen LogP contribution in [-0.4, -0.2) is 29.8 Å². The van der Waals surface area contributed by atoms with Gasteiger partial charge in [0.1, 0.15) is 0 Å². The molecule has 1 N–H and O–H groups in total. The summed E-state index contributed by atoms with van der Waals surface area (Å²) in [6, 6.07) is 5.94. The van der Waals surface area contributed by atoms with Gasteiger partial charge in [0, 0.05) is 19.2 Å². The Hall–Kier alpha value is -1.84. The van der Waals surface area contributed by atoms with Crippen LogP contribution in [0.2, 0.25) is 0 Å². The van der Waals surface area contributed by atoms with E-state index < -0.39 is 0 Å². The number of carbonyl (C=O) groups excluding carboxylic acids is 2. The second-order valence-electron chi connectivity index (χ2n) is 5.51. The second kappa shape index (κ2) is 8.45. The van der Waals surface area contributed by atoms with E-state index in [0.29, 0.717) is 6.54 Å². The van der Waals surface area contributed by atoms with Crippen LogP contribution in [0.25, 0.3) is 0 Å². The lowest BCUT2D eigenvalue weighted by atomic mass is 10.1. The van der Waals surface area contributed by atoms with Crippen molar-refractivity contribution in [3.8, 4) is 0 Å². The summed E-state index contributed by atoms with van der Waals surface area (Å²) in [4.78, 5) is 25.3. The molecule has 0 saturated heterocycles. The van der Waals surface area contributed by atoms with Crippen molar-refractivity contribution in [2.24, 2.45) is 0 Å². The molecule has 0 unspecified atom stereocenters. The van der Waals surface area contributed by atoms with Gasteiger partial charge in [-0.2, -0.15) is 0 Å². The number of anilines is 1. The number of carbonyl (C=O) groups is 2. The van der Waals surface area contributed by atoms with Crippen molar-refractivity contribution in [2.75, 3.05) is 18.4 Å². The van der Waals surface area contributed by atoms with E-state index in [-0.39, 0.29) is 18.4 Å². The molecule has 0 fully saturated rings. The molecule has 0 aliphatic heterocycles. The fraction of sp³-hybridized carbons (Fsp3) is 0.529. The third-order valence-corrected chi connectivity index (χ3v) is 3.48. The standard InChI is InChI=1S/C17H26N2O2/c1-5-6-7-10-19(15(4)20)12-17(21)18-16-11-13(2)8-9-14(16)3/h8-9,11H,5-7,10,12H2,1-4H3,(H,18,21). The van der Waals surface area contributed by atoms with E-state index in [2.05, 4.69) is 12.2 Å². The first-order valence-electron chi connectivity index (χ1n) is 7.56. The fourth-order valence-electron chi connectivity index (χ4n) is 2.13. The van der Waals surface area contributed by atoms with Crippen molar-refractivity contribution in [1.82, 2.24) is 4.90 Å². The molecule has 1 aromatic carbocycles. The molecule has 0 heterocycles. The van der Waals surface area contributed by atoms with Crippen molar-refractivity contribution < 1.29 is 9.59 Å². The van der Waals surface area contributed by atoms with Crippen LogP contribution in [0.1, 0.15) is 44.2 Å². The lowest BCUT2D eigenvalue weighted by Gasteiger charge is -2.20. The predicted molar refractivity (Wildman–Crippen MR) is 86.3 cm³/mol. The number of rotatable bonds is 7. The minimum Gasteiger partial charge on any atom is -0.334 e. The monoisotopic (exact) mass is 290 g/mol. The van der Waals surface area contributed by atoms with Gasteiger partial charge in [0.25, 0.3) is 0 Å². The quantitative estimate of drug-likeness (QED) is 0.783. The minimum atomic E-state index is -0.143. The number of aryl methyl sites for hydroxylation is 2. The van der Waals surface area contributed by atoms with Gasteiger partial charge in [-0.25, -0.2) is 0 Å². The molecule has 21 heavy (non-hydrogen) atoms. The first kappa shape index (κ1) is 17.2. The maximum absolute atomic E-state index is 12.1. The maximum Gasteiger partial charge on any atom is 0.244 e. The Bertz CT molecular complexity index is 498. The molecule has 4 heteroatoms. The Morgan fingerprint density at radius 1 is 1.19 bits per heavy atom. The Labute approximate surface area is 127 Å². The maximum atomic E-state index is 12.1. The van der Waals surface area contributed by atoms with Gasteiger partial charge in [0.15, 0.2) is 0 Å². The van der Waals surface area contributed by atoms with Gasteiger partial charge in [0.05, 0.1) is 6.54 Å². The molecule has 0 aliphatic carbocycles. The highest BCUT2D eigenvalue weighted by atomic mass is 16.2. The molecule has 2 amide bonds. The zero-order chi connectivity index (χ0) is 15.8. The summed E-state index contributed by atoms with van der Waals surface area (Å²) >= 11 is 0. The van der Waals surface area contributed by atoms with Crippen molar-refractivity contribution in [3.63, 3.8) is 0 Å².